The van der Waals surface area contributed by atoms with Gasteiger partial charge in [-0.15, -0.1) is 0 Å². The van der Waals surface area contributed by atoms with Gasteiger partial charge in [0.2, 0.25) is 5.88 Å². The molecular weight excluding hydrogens is 597 g/mol. The van der Waals surface area contributed by atoms with Crippen LogP contribution >= 0.6 is 0 Å². The molecule has 2 aromatic heterocycles. The van der Waals surface area contributed by atoms with Crippen molar-refractivity contribution in [2.45, 2.75) is 38.3 Å². The number of carboxylic acids is 1. The third kappa shape index (κ3) is 5.45. The molecule has 1 saturated carbocycles. The van der Waals surface area contributed by atoms with Gasteiger partial charge in [0.05, 0.1) is 40.5 Å². The standard InChI is InChI=1S/C35H27F3N4O4/c36-25-12-20(17-39)4-5-22(25)18-46-33-3-1-2-28(41-33)24-16-26(37)23(13-27(24)38)15-32-40-29-7-6-21(34(43)44)14-30(29)42(32)31-8-11-45-19-35(31)9-10-35/h1-7,12-14,16,31H,8-11,15,18-19H2,(H,43,44). The highest BCUT2D eigenvalue weighted by molar-refractivity contribution is 5.92. The summed E-state index contributed by atoms with van der Waals surface area (Å²) in [5.74, 6) is -2.39. The van der Waals surface area contributed by atoms with Crippen molar-refractivity contribution in [3.63, 3.8) is 0 Å². The van der Waals surface area contributed by atoms with E-state index < -0.39 is 23.4 Å². The molecule has 0 bridgehead atoms. The fourth-order valence-corrected chi connectivity index (χ4v) is 6.28. The summed E-state index contributed by atoms with van der Waals surface area (Å²) >= 11 is 0. The number of ether oxygens (including phenoxy) is 2. The molecule has 3 heterocycles. The molecule has 11 heteroatoms. The Morgan fingerprint density at radius 2 is 1.85 bits per heavy atom. The average Bonchev–Trinajstić information content (AvgIpc) is 3.73. The lowest BCUT2D eigenvalue weighted by atomic mass is 9.91. The van der Waals surface area contributed by atoms with E-state index in [-0.39, 0.29) is 63.9 Å². The minimum absolute atomic E-state index is 0.0119. The quantitative estimate of drug-likeness (QED) is 0.198. The molecule has 0 radical (unpaired) electrons. The zero-order valence-electron chi connectivity index (χ0n) is 24.5. The van der Waals surface area contributed by atoms with E-state index in [0.717, 1.165) is 31.0 Å². The highest BCUT2D eigenvalue weighted by atomic mass is 19.1. The van der Waals surface area contributed by atoms with E-state index in [4.69, 9.17) is 19.7 Å². The van der Waals surface area contributed by atoms with Crippen LogP contribution in [0.25, 0.3) is 22.3 Å². The molecule has 5 aromatic rings. The Morgan fingerprint density at radius 3 is 2.61 bits per heavy atom. The van der Waals surface area contributed by atoms with Gasteiger partial charge in [-0.3, -0.25) is 0 Å². The second-order valence-electron chi connectivity index (χ2n) is 11.8. The predicted molar refractivity (Wildman–Crippen MR) is 161 cm³/mol. The smallest absolute Gasteiger partial charge is 0.335 e. The maximum Gasteiger partial charge on any atom is 0.335 e. The Morgan fingerprint density at radius 1 is 1.02 bits per heavy atom. The lowest BCUT2D eigenvalue weighted by Crippen LogP contribution is -2.32. The van der Waals surface area contributed by atoms with Crippen molar-refractivity contribution < 1.29 is 32.5 Å². The van der Waals surface area contributed by atoms with E-state index >= 15 is 8.78 Å². The Balaban J connectivity index is 1.19. The summed E-state index contributed by atoms with van der Waals surface area (Å²) in [5, 5.41) is 18.6. The van der Waals surface area contributed by atoms with Gasteiger partial charge in [0.15, 0.2) is 0 Å². The molecule has 232 valence electrons. The van der Waals surface area contributed by atoms with Crippen LogP contribution in [-0.4, -0.2) is 38.8 Å². The van der Waals surface area contributed by atoms with E-state index in [2.05, 4.69) is 4.98 Å². The Kier molecular flexibility index (Phi) is 7.45. The number of carbonyl (C=O) groups is 1. The minimum atomic E-state index is -1.06. The van der Waals surface area contributed by atoms with Crippen LogP contribution in [0.1, 0.15) is 58.2 Å². The molecule has 1 spiro atoms. The third-order valence-electron chi connectivity index (χ3n) is 8.89. The van der Waals surface area contributed by atoms with Gasteiger partial charge in [-0.2, -0.15) is 5.26 Å². The first-order valence-corrected chi connectivity index (χ1v) is 14.8. The Hall–Kier alpha value is -5.21. The van der Waals surface area contributed by atoms with Crippen molar-refractivity contribution in [1.82, 2.24) is 14.5 Å². The van der Waals surface area contributed by atoms with Gasteiger partial charge < -0.3 is 19.1 Å². The number of benzene rings is 3. The van der Waals surface area contributed by atoms with Gasteiger partial charge in [0.1, 0.15) is 29.9 Å². The first-order valence-electron chi connectivity index (χ1n) is 14.8. The lowest BCUT2D eigenvalue weighted by molar-refractivity contribution is 0.00859. The number of halogens is 3. The molecule has 2 fully saturated rings. The van der Waals surface area contributed by atoms with E-state index in [0.29, 0.717) is 36.5 Å². The number of aromatic nitrogens is 3. The first kappa shape index (κ1) is 29.5. The molecular formula is C35H27F3N4O4. The van der Waals surface area contributed by atoms with Crippen LogP contribution in [0.2, 0.25) is 0 Å². The lowest BCUT2D eigenvalue weighted by Gasteiger charge is -2.34. The molecule has 46 heavy (non-hydrogen) atoms. The summed E-state index contributed by atoms with van der Waals surface area (Å²) < 4.78 is 59.0. The van der Waals surface area contributed by atoms with Crippen molar-refractivity contribution in [3.05, 3.63) is 112 Å². The highest BCUT2D eigenvalue weighted by Gasteiger charge is 2.52. The van der Waals surface area contributed by atoms with Crippen LogP contribution in [0.15, 0.2) is 66.7 Å². The fourth-order valence-electron chi connectivity index (χ4n) is 6.28. The number of hydrogen-bond acceptors (Lipinski definition) is 6. The first-order chi connectivity index (χ1) is 22.2. The summed E-state index contributed by atoms with van der Waals surface area (Å²) in [4.78, 5) is 20.9. The summed E-state index contributed by atoms with van der Waals surface area (Å²) in [5.41, 5.74) is 1.82. The van der Waals surface area contributed by atoms with Crippen molar-refractivity contribution >= 4 is 17.0 Å². The van der Waals surface area contributed by atoms with E-state index in [1.54, 1.807) is 18.2 Å². The number of imidazole rings is 1. The number of fused-ring (bicyclic) bond motifs is 1. The molecule has 1 N–H and O–H groups in total. The van der Waals surface area contributed by atoms with Crippen molar-refractivity contribution in [2.24, 2.45) is 5.41 Å². The molecule has 7 rings (SSSR count). The number of carboxylic acid groups (broad SMARTS) is 1. The van der Waals surface area contributed by atoms with Crippen molar-refractivity contribution in [2.75, 3.05) is 13.2 Å². The zero-order valence-corrected chi connectivity index (χ0v) is 24.5. The number of hydrogen-bond donors (Lipinski definition) is 1. The number of nitrogens with zero attached hydrogens (tertiary/aromatic N) is 4. The van der Waals surface area contributed by atoms with Crippen LogP contribution in [0.4, 0.5) is 13.2 Å². The van der Waals surface area contributed by atoms with Gasteiger partial charge in [-0.25, -0.2) is 27.9 Å². The molecule has 1 unspecified atom stereocenters. The minimum Gasteiger partial charge on any atom is -0.478 e. The van der Waals surface area contributed by atoms with Gasteiger partial charge in [0.25, 0.3) is 0 Å². The van der Waals surface area contributed by atoms with Crippen LogP contribution in [0, 0.1) is 34.2 Å². The Labute approximate surface area is 261 Å². The average molecular weight is 625 g/mol. The molecule has 8 nitrogen and oxygen atoms in total. The molecule has 1 saturated heterocycles. The van der Waals surface area contributed by atoms with Crippen LogP contribution in [0.5, 0.6) is 5.88 Å². The van der Waals surface area contributed by atoms with Crippen LogP contribution in [-0.2, 0) is 17.8 Å². The predicted octanol–water partition coefficient (Wildman–Crippen LogP) is 7.00. The van der Waals surface area contributed by atoms with Crippen molar-refractivity contribution in [1.29, 1.82) is 5.26 Å². The Bertz CT molecular complexity index is 2050. The van der Waals surface area contributed by atoms with Gasteiger partial charge in [0, 0.05) is 41.7 Å². The molecule has 1 aliphatic heterocycles. The van der Waals surface area contributed by atoms with Gasteiger partial charge in [-0.05, 0) is 73.4 Å². The van der Waals surface area contributed by atoms with E-state index in [1.807, 2.05) is 10.6 Å². The number of nitriles is 1. The van der Waals surface area contributed by atoms with Gasteiger partial charge in [-0.1, -0.05) is 12.1 Å². The summed E-state index contributed by atoms with van der Waals surface area (Å²) in [6.07, 6.45) is 2.62. The molecule has 3 aromatic carbocycles. The summed E-state index contributed by atoms with van der Waals surface area (Å²) in [6, 6.07) is 17.5. The van der Waals surface area contributed by atoms with Crippen LogP contribution < -0.4 is 4.74 Å². The maximum atomic E-state index is 15.7. The topological polar surface area (TPSA) is 110 Å². The normalized spacial score (nSPS) is 16.8. The molecule has 1 atom stereocenters. The van der Waals surface area contributed by atoms with Crippen LogP contribution in [0.3, 0.4) is 0 Å². The molecule has 2 aliphatic rings. The van der Waals surface area contributed by atoms with Crippen molar-refractivity contribution in [3.8, 4) is 23.2 Å². The number of rotatable bonds is 8. The second kappa shape index (κ2) is 11.6. The molecule has 0 amide bonds. The number of aromatic carboxylic acids is 1. The monoisotopic (exact) mass is 624 g/mol. The second-order valence-corrected chi connectivity index (χ2v) is 11.8. The summed E-state index contributed by atoms with van der Waals surface area (Å²) in [7, 11) is 0. The maximum absolute atomic E-state index is 15.7. The SMILES string of the molecule is N#Cc1ccc(COc2cccc(-c3cc(F)c(Cc4nc5ccc(C(=O)O)cc5n4C4CCOCC45CC5)cc3F)n2)c(F)c1. The fraction of sp³-hybridized carbons (Fsp3) is 0.257. The third-order valence-corrected chi connectivity index (χ3v) is 8.89. The largest absolute Gasteiger partial charge is 0.478 e. The van der Waals surface area contributed by atoms with Gasteiger partial charge >= 0.3 is 5.97 Å². The summed E-state index contributed by atoms with van der Waals surface area (Å²) in [6.45, 7) is 0.957. The zero-order chi connectivity index (χ0) is 32.0. The van der Waals surface area contributed by atoms with E-state index in [9.17, 15) is 14.3 Å². The molecule has 1 aliphatic carbocycles. The highest BCUT2D eigenvalue weighted by Crippen LogP contribution is 2.58. The van der Waals surface area contributed by atoms with E-state index in [1.165, 1.54) is 30.3 Å². The number of pyridine rings is 1.